The fourth-order valence-corrected chi connectivity index (χ4v) is 6.82. The Morgan fingerprint density at radius 2 is 2.00 bits per heavy atom. The van der Waals surface area contributed by atoms with Crippen LogP contribution < -0.4 is 0 Å². The van der Waals surface area contributed by atoms with Crippen LogP contribution in [-0.2, 0) is 32.5 Å². The normalized spacial score (nSPS) is 22.0. The van der Waals surface area contributed by atoms with Crippen molar-refractivity contribution >= 4 is 9.31 Å². The van der Waals surface area contributed by atoms with Gasteiger partial charge in [0.25, 0.3) is 0 Å². The molecule has 0 aromatic heterocycles. The number of amidine groups is 1. The Morgan fingerprint density at radius 1 is 1.50 bits per heavy atom. The molecule has 0 saturated heterocycles. The summed E-state index contributed by atoms with van der Waals surface area (Å²) in [4.78, 5) is 10.7. The van der Waals surface area contributed by atoms with Gasteiger partial charge in [0.2, 0.25) is 0 Å². The van der Waals surface area contributed by atoms with Crippen LogP contribution in [0.3, 0.4) is 0 Å². The van der Waals surface area contributed by atoms with Crippen molar-refractivity contribution in [2.24, 2.45) is 0 Å². The third-order valence-electron chi connectivity index (χ3n) is 3.42. The van der Waals surface area contributed by atoms with Crippen molar-refractivity contribution < 1.29 is 42.4 Å². The molecule has 0 fully saturated rings. The van der Waals surface area contributed by atoms with E-state index in [1.165, 1.54) is 6.92 Å². The standard InChI is InChI=1S/C7H13N2O2.C2H4O2.Hg/c1-6(2)7(3,4)9(11)5-8(6)10;1-2(3)4;/h10H,1-4H3;1H3,(H,3,4);/q;;+1/p-1. The average molecular weight is 417 g/mol. The molecular formula is C9H16HgN2O4. The van der Waals surface area contributed by atoms with Gasteiger partial charge in [0.15, 0.2) is 0 Å². The number of hydrogen-bond donors (Lipinski definition) is 1. The Balaban J connectivity index is 3.00. The molecule has 0 atom stereocenters. The molecule has 0 aliphatic carbocycles. The van der Waals surface area contributed by atoms with Gasteiger partial charge in [0.05, 0.1) is 0 Å². The van der Waals surface area contributed by atoms with Crippen molar-refractivity contribution in [3.63, 3.8) is 0 Å². The molecule has 1 heterocycles. The van der Waals surface area contributed by atoms with Gasteiger partial charge in [-0.05, 0) is 0 Å². The molecule has 6 nitrogen and oxygen atoms in total. The van der Waals surface area contributed by atoms with Crippen LogP contribution in [-0.4, -0.2) is 35.4 Å². The van der Waals surface area contributed by atoms with Crippen LogP contribution in [0.2, 0.25) is 0 Å². The van der Waals surface area contributed by atoms with E-state index in [-0.39, 0.29) is 3.34 Å². The first-order chi connectivity index (χ1) is 7.12. The molecule has 0 bridgehead atoms. The van der Waals surface area contributed by atoms with Gasteiger partial charge in [-0.1, -0.05) is 0 Å². The van der Waals surface area contributed by atoms with Gasteiger partial charge in [-0.25, -0.2) is 0 Å². The zero-order chi connectivity index (χ0) is 12.7. The first-order valence-electron chi connectivity index (χ1n) is 5.08. The molecule has 0 amide bonds. The van der Waals surface area contributed by atoms with E-state index in [2.05, 4.69) is 0 Å². The zero-order valence-electron chi connectivity index (χ0n) is 10.3. The van der Waals surface area contributed by atoms with E-state index in [9.17, 15) is 15.2 Å². The Morgan fingerprint density at radius 3 is 2.31 bits per heavy atom. The average Bonchev–Trinajstić information content (AvgIpc) is 2.25. The Hall–Kier alpha value is -0.365. The molecule has 0 aromatic carbocycles. The van der Waals surface area contributed by atoms with E-state index in [1.54, 1.807) is 27.7 Å². The SMILES string of the molecule is CC(=O)[O][Hg][C]1=[N+]([O-])C(C)(C)C(C)(C)N1O. The van der Waals surface area contributed by atoms with Gasteiger partial charge in [0, 0.05) is 0 Å². The van der Waals surface area contributed by atoms with E-state index in [0.29, 0.717) is 0 Å². The van der Waals surface area contributed by atoms with Crippen LogP contribution in [0, 0.1) is 5.21 Å². The first kappa shape index (κ1) is 13.7. The fraction of sp³-hybridized carbons (Fsp3) is 0.778. The molecule has 0 spiro atoms. The number of carbonyl (C=O) groups excluding carboxylic acids is 1. The minimum atomic E-state index is -2.33. The maximum absolute atomic E-state index is 12.0. The molecule has 0 aromatic rings. The van der Waals surface area contributed by atoms with Crippen LogP contribution in [0.1, 0.15) is 34.6 Å². The molecular weight excluding hydrogens is 401 g/mol. The van der Waals surface area contributed by atoms with Crippen molar-refractivity contribution in [1.82, 2.24) is 5.06 Å². The van der Waals surface area contributed by atoms with Crippen LogP contribution in [0.5, 0.6) is 0 Å². The van der Waals surface area contributed by atoms with E-state index in [0.717, 1.165) is 9.80 Å². The first-order valence-corrected chi connectivity index (χ1v) is 10.1. The van der Waals surface area contributed by atoms with Crippen molar-refractivity contribution in [2.45, 2.75) is 45.7 Å². The quantitative estimate of drug-likeness (QED) is 0.407. The molecule has 1 aliphatic rings. The van der Waals surface area contributed by atoms with Gasteiger partial charge in [-0.3, -0.25) is 0 Å². The molecule has 1 aliphatic heterocycles. The second kappa shape index (κ2) is 4.14. The van der Waals surface area contributed by atoms with E-state index in [4.69, 9.17) is 2.64 Å². The fourth-order valence-electron chi connectivity index (χ4n) is 1.52. The summed E-state index contributed by atoms with van der Waals surface area (Å²) in [6, 6.07) is 0. The van der Waals surface area contributed by atoms with Gasteiger partial charge in [-0.2, -0.15) is 0 Å². The summed E-state index contributed by atoms with van der Waals surface area (Å²) in [7, 11) is 0. The predicted octanol–water partition coefficient (Wildman–Crippen LogP) is 0.675. The van der Waals surface area contributed by atoms with E-state index in [1.807, 2.05) is 0 Å². The summed E-state index contributed by atoms with van der Waals surface area (Å²) in [5.74, 6) is -0.390. The van der Waals surface area contributed by atoms with Crippen molar-refractivity contribution in [3.05, 3.63) is 5.21 Å². The Kier molecular flexibility index (Phi) is 3.54. The number of carbonyl (C=O) groups is 1. The second-order valence-electron chi connectivity index (χ2n) is 4.92. The predicted molar refractivity (Wildman–Crippen MR) is 52.2 cm³/mol. The van der Waals surface area contributed by atoms with E-state index < -0.39 is 42.1 Å². The number of hydroxylamine groups is 3. The summed E-state index contributed by atoms with van der Waals surface area (Å²) in [6.07, 6.45) is 0. The van der Waals surface area contributed by atoms with E-state index >= 15 is 0 Å². The van der Waals surface area contributed by atoms with Crippen molar-refractivity contribution in [1.29, 1.82) is 0 Å². The summed E-state index contributed by atoms with van der Waals surface area (Å²) < 4.78 is 6.01. The molecule has 0 unspecified atom stereocenters. The minimum absolute atomic E-state index is 0.269. The topological polar surface area (TPSA) is 75.8 Å². The van der Waals surface area contributed by atoms with Gasteiger partial charge in [-0.15, -0.1) is 0 Å². The third-order valence-corrected chi connectivity index (χ3v) is 8.84. The molecule has 0 radical (unpaired) electrons. The van der Waals surface area contributed by atoms with Crippen LogP contribution in [0.25, 0.3) is 0 Å². The molecule has 88 valence electrons. The molecule has 1 N–H and O–H groups in total. The Bertz CT molecular complexity index is 351. The summed E-state index contributed by atoms with van der Waals surface area (Å²) in [5.41, 5.74) is -1.43. The number of nitrogens with zero attached hydrogens (tertiary/aromatic N) is 2. The second-order valence-corrected chi connectivity index (χ2v) is 9.62. The van der Waals surface area contributed by atoms with Crippen molar-refractivity contribution in [3.8, 4) is 0 Å². The van der Waals surface area contributed by atoms with Gasteiger partial charge >= 0.3 is 108 Å². The summed E-state index contributed by atoms with van der Waals surface area (Å²) >= 11 is -2.33. The molecule has 7 heteroatoms. The molecule has 16 heavy (non-hydrogen) atoms. The number of hydrogen-bond acceptors (Lipinski definition) is 5. The van der Waals surface area contributed by atoms with Crippen LogP contribution in [0.4, 0.5) is 0 Å². The van der Waals surface area contributed by atoms with Crippen molar-refractivity contribution in [2.75, 3.05) is 0 Å². The van der Waals surface area contributed by atoms with Gasteiger partial charge in [0.1, 0.15) is 0 Å². The zero-order valence-corrected chi connectivity index (χ0v) is 15.8. The van der Waals surface area contributed by atoms with Gasteiger partial charge < -0.3 is 0 Å². The monoisotopic (exact) mass is 418 g/mol. The summed E-state index contributed by atoms with van der Waals surface area (Å²) in [5, 5.41) is 22.9. The van der Waals surface area contributed by atoms with Crippen LogP contribution >= 0.6 is 0 Å². The summed E-state index contributed by atoms with van der Waals surface area (Å²) in [6.45, 7) is 8.40. The number of rotatable bonds is 2. The Labute approximate surface area is 108 Å². The molecule has 0 saturated carbocycles. The maximum atomic E-state index is 12.0. The molecule has 1 rings (SSSR count). The third kappa shape index (κ3) is 1.92. The van der Waals surface area contributed by atoms with Crippen LogP contribution in [0.15, 0.2) is 0 Å².